The monoisotopic (exact) mass is 791 g/mol. The number of carbonyl (C=O) groups is 3. The second kappa shape index (κ2) is 45.8. The molecule has 0 saturated heterocycles. The van der Waals surface area contributed by atoms with Gasteiger partial charge >= 0.3 is 17.9 Å². The first-order valence-electron chi connectivity index (χ1n) is 24.7. The lowest BCUT2D eigenvalue weighted by atomic mass is 10.0. The summed E-state index contributed by atoms with van der Waals surface area (Å²) in [6.07, 6.45) is 49.1. The fourth-order valence-corrected chi connectivity index (χ4v) is 7.25. The van der Waals surface area contributed by atoms with Crippen molar-refractivity contribution in [3.63, 3.8) is 0 Å². The van der Waals surface area contributed by atoms with Gasteiger partial charge in [-0.25, -0.2) is 0 Å². The summed E-state index contributed by atoms with van der Waals surface area (Å²) >= 11 is 0. The number of rotatable bonds is 45. The molecule has 0 saturated carbocycles. The molecule has 56 heavy (non-hydrogen) atoms. The minimum absolute atomic E-state index is 0.0686. The zero-order chi connectivity index (χ0) is 40.8. The zero-order valence-corrected chi connectivity index (χ0v) is 37.7. The Kier molecular flexibility index (Phi) is 44.3. The van der Waals surface area contributed by atoms with Crippen LogP contribution < -0.4 is 0 Å². The summed E-state index contributed by atoms with van der Waals surface area (Å²) in [5.74, 6) is -0.867. The Balaban J connectivity index is 4.27. The number of ether oxygens (including phenoxy) is 3. The minimum Gasteiger partial charge on any atom is -0.462 e. The highest BCUT2D eigenvalue weighted by Crippen LogP contribution is 2.16. The van der Waals surface area contributed by atoms with Crippen LogP contribution in [0, 0.1) is 0 Å². The van der Waals surface area contributed by atoms with Gasteiger partial charge < -0.3 is 14.2 Å². The van der Waals surface area contributed by atoms with E-state index in [1.165, 1.54) is 167 Å². The number of hydrogen-bond donors (Lipinski definition) is 0. The highest BCUT2D eigenvalue weighted by molar-refractivity contribution is 5.71. The maximum atomic E-state index is 12.7. The SMILES string of the molecule is CCCC/C=C\CCCCCCCC(=O)OC(COC(=O)CCCCCCCCCCCC)COC(=O)CCCCCCCCCCCCCCCCCCC. The van der Waals surface area contributed by atoms with Gasteiger partial charge in [0.2, 0.25) is 0 Å². The van der Waals surface area contributed by atoms with Crippen LogP contribution >= 0.6 is 0 Å². The van der Waals surface area contributed by atoms with Gasteiger partial charge in [-0.05, 0) is 38.5 Å². The Morgan fingerprint density at radius 2 is 0.607 bits per heavy atom. The third-order valence-electron chi connectivity index (χ3n) is 11.0. The summed E-state index contributed by atoms with van der Waals surface area (Å²) < 4.78 is 16.7. The van der Waals surface area contributed by atoms with E-state index < -0.39 is 6.10 Å². The second-order valence-corrected chi connectivity index (χ2v) is 16.7. The maximum Gasteiger partial charge on any atom is 0.306 e. The standard InChI is InChI=1S/C50H94O6/c1-4-7-10-13-16-19-22-23-24-25-26-27-29-31-34-37-40-43-49(52)55-46-47(45-54-48(51)42-39-36-33-30-21-18-15-12-9-6-3)56-50(53)44-41-38-35-32-28-20-17-14-11-8-5-2/h14,17,47H,4-13,15-16,18-46H2,1-3H3/b17-14-. The van der Waals surface area contributed by atoms with Crippen molar-refractivity contribution in [3.8, 4) is 0 Å². The molecule has 0 aromatic carbocycles. The van der Waals surface area contributed by atoms with Gasteiger partial charge in [0.1, 0.15) is 13.2 Å². The fourth-order valence-electron chi connectivity index (χ4n) is 7.25. The van der Waals surface area contributed by atoms with Crippen molar-refractivity contribution in [3.05, 3.63) is 12.2 Å². The zero-order valence-electron chi connectivity index (χ0n) is 37.7. The third kappa shape index (κ3) is 43.3. The fraction of sp³-hybridized carbons (Fsp3) is 0.900. The predicted octanol–water partition coefficient (Wildman–Crippen LogP) is 15.8. The first-order valence-corrected chi connectivity index (χ1v) is 24.7. The number of esters is 3. The van der Waals surface area contributed by atoms with Crippen molar-refractivity contribution in [1.29, 1.82) is 0 Å². The number of carbonyl (C=O) groups excluding carboxylic acids is 3. The van der Waals surface area contributed by atoms with Crippen molar-refractivity contribution < 1.29 is 28.6 Å². The van der Waals surface area contributed by atoms with Crippen molar-refractivity contribution in [2.75, 3.05) is 13.2 Å². The minimum atomic E-state index is -0.766. The molecule has 0 fully saturated rings. The molecule has 0 heterocycles. The number of hydrogen-bond acceptors (Lipinski definition) is 6. The van der Waals surface area contributed by atoms with Gasteiger partial charge in [-0.2, -0.15) is 0 Å². The molecule has 0 spiro atoms. The van der Waals surface area contributed by atoms with Crippen LogP contribution in [0.25, 0.3) is 0 Å². The molecule has 1 unspecified atom stereocenters. The van der Waals surface area contributed by atoms with Crippen molar-refractivity contribution in [1.82, 2.24) is 0 Å². The van der Waals surface area contributed by atoms with E-state index in [-0.39, 0.29) is 31.1 Å². The summed E-state index contributed by atoms with van der Waals surface area (Å²) in [6, 6.07) is 0. The molecule has 0 rings (SSSR count). The van der Waals surface area contributed by atoms with E-state index in [0.29, 0.717) is 19.3 Å². The predicted molar refractivity (Wildman–Crippen MR) is 238 cm³/mol. The summed E-state index contributed by atoms with van der Waals surface area (Å²) in [4.78, 5) is 37.8. The van der Waals surface area contributed by atoms with Gasteiger partial charge in [-0.1, -0.05) is 226 Å². The molecule has 0 aliphatic carbocycles. The molecule has 0 aliphatic rings. The number of allylic oxidation sites excluding steroid dienone is 2. The normalized spacial score (nSPS) is 12.0. The Morgan fingerprint density at radius 3 is 0.946 bits per heavy atom. The maximum absolute atomic E-state index is 12.7. The molecule has 6 heteroatoms. The first kappa shape index (κ1) is 54.2. The van der Waals surface area contributed by atoms with Crippen LogP contribution in [-0.4, -0.2) is 37.2 Å². The summed E-state index contributed by atoms with van der Waals surface area (Å²) in [5.41, 5.74) is 0. The average molecular weight is 791 g/mol. The summed E-state index contributed by atoms with van der Waals surface area (Å²) in [5, 5.41) is 0. The van der Waals surface area contributed by atoms with E-state index in [9.17, 15) is 14.4 Å². The molecule has 330 valence electrons. The summed E-state index contributed by atoms with van der Waals surface area (Å²) in [7, 11) is 0. The molecule has 1 atom stereocenters. The van der Waals surface area contributed by atoms with Crippen LogP contribution in [0.5, 0.6) is 0 Å². The van der Waals surface area contributed by atoms with E-state index >= 15 is 0 Å². The molecule has 0 amide bonds. The molecular formula is C50H94O6. The van der Waals surface area contributed by atoms with E-state index in [0.717, 1.165) is 64.2 Å². The van der Waals surface area contributed by atoms with E-state index in [1.54, 1.807) is 0 Å². The van der Waals surface area contributed by atoms with Crippen molar-refractivity contribution in [2.24, 2.45) is 0 Å². The smallest absolute Gasteiger partial charge is 0.306 e. The Labute approximate surface area is 348 Å². The molecule has 0 aliphatic heterocycles. The highest BCUT2D eigenvalue weighted by atomic mass is 16.6. The van der Waals surface area contributed by atoms with Crippen LogP contribution in [0.3, 0.4) is 0 Å². The van der Waals surface area contributed by atoms with Crippen molar-refractivity contribution >= 4 is 17.9 Å². The highest BCUT2D eigenvalue weighted by Gasteiger charge is 2.19. The van der Waals surface area contributed by atoms with E-state index in [1.807, 2.05) is 0 Å². The molecule has 0 aromatic rings. The lowest BCUT2D eigenvalue weighted by Gasteiger charge is -2.18. The van der Waals surface area contributed by atoms with Gasteiger partial charge in [-0.3, -0.25) is 14.4 Å². The third-order valence-corrected chi connectivity index (χ3v) is 11.0. The molecule has 0 aromatic heterocycles. The van der Waals surface area contributed by atoms with Crippen molar-refractivity contribution in [2.45, 2.75) is 277 Å². The molecular weight excluding hydrogens is 697 g/mol. The van der Waals surface area contributed by atoms with Crippen LogP contribution in [-0.2, 0) is 28.6 Å². The van der Waals surface area contributed by atoms with Crippen LogP contribution in [0.4, 0.5) is 0 Å². The Bertz CT molecular complexity index is 870. The Hall–Kier alpha value is -1.85. The second-order valence-electron chi connectivity index (χ2n) is 16.7. The Morgan fingerprint density at radius 1 is 0.339 bits per heavy atom. The lowest BCUT2D eigenvalue weighted by Crippen LogP contribution is -2.30. The molecule has 0 bridgehead atoms. The topological polar surface area (TPSA) is 78.9 Å². The van der Waals surface area contributed by atoms with E-state index in [2.05, 4.69) is 32.9 Å². The molecule has 0 N–H and O–H groups in total. The van der Waals surface area contributed by atoms with Gasteiger partial charge in [0, 0.05) is 19.3 Å². The van der Waals surface area contributed by atoms with Gasteiger partial charge in [-0.15, -0.1) is 0 Å². The first-order chi connectivity index (χ1) is 27.5. The van der Waals surface area contributed by atoms with E-state index in [4.69, 9.17) is 14.2 Å². The van der Waals surface area contributed by atoms with Crippen LogP contribution in [0.2, 0.25) is 0 Å². The average Bonchev–Trinajstić information content (AvgIpc) is 3.19. The molecule has 6 nitrogen and oxygen atoms in total. The molecule has 0 radical (unpaired) electrons. The summed E-state index contributed by atoms with van der Waals surface area (Å²) in [6.45, 7) is 6.61. The quantitative estimate of drug-likeness (QED) is 0.0264. The lowest BCUT2D eigenvalue weighted by molar-refractivity contribution is -0.167. The van der Waals surface area contributed by atoms with Gasteiger partial charge in [0.15, 0.2) is 6.10 Å². The van der Waals surface area contributed by atoms with Crippen LogP contribution in [0.15, 0.2) is 12.2 Å². The van der Waals surface area contributed by atoms with Gasteiger partial charge in [0.25, 0.3) is 0 Å². The van der Waals surface area contributed by atoms with Gasteiger partial charge in [0.05, 0.1) is 0 Å². The largest absolute Gasteiger partial charge is 0.462 e. The van der Waals surface area contributed by atoms with Crippen LogP contribution in [0.1, 0.15) is 271 Å². The number of unbranched alkanes of at least 4 members (excludes halogenated alkanes) is 32.